The van der Waals surface area contributed by atoms with Crippen molar-refractivity contribution in [3.8, 4) is 11.5 Å². The summed E-state index contributed by atoms with van der Waals surface area (Å²) < 4.78 is 6.01. The third-order valence-electron chi connectivity index (χ3n) is 2.55. The number of aryl methyl sites for hydroxylation is 2. The molecule has 0 spiro atoms. The highest BCUT2D eigenvalue weighted by atomic mass is 16.5. The second-order valence-electron chi connectivity index (χ2n) is 3.87. The van der Waals surface area contributed by atoms with Gasteiger partial charge in [0.2, 0.25) is 0 Å². The molecule has 8 heteroatoms. The zero-order valence-corrected chi connectivity index (χ0v) is 10.5. The van der Waals surface area contributed by atoms with Gasteiger partial charge in [-0.3, -0.25) is 14.2 Å². The van der Waals surface area contributed by atoms with Gasteiger partial charge in [0.15, 0.2) is 5.82 Å². The van der Waals surface area contributed by atoms with E-state index in [0.717, 1.165) is 4.57 Å². The molecule has 0 unspecified atom stereocenters. The molecule has 0 saturated heterocycles. The van der Waals surface area contributed by atoms with Crippen molar-refractivity contribution in [3.05, 3.63) is 28.2 Å². The van der Waals surface area contributed by atoms with Crippen LogP contribution in [-0.2, 0) is 17.8 Å². The van der Waals surface area contributed by atoms with Crippen LogP contribution in [0.3, 0.4) is 0 Å². The summed E-state index contributed by atoms with van der Waals surface area (Å²) in [5, 5.41) is 12.5. The molecule has 2 aromatic heterocycles. The van der Waals surface area contributed by atoms with Crippen LogP contribution in [0.15, 0.2) is 15.5 Å². The highest BCUT2D eigenvalue weighted by Crippen LogP contribution is 2.12. The maximum Gasteiger partial charge on any atom is 0.323 e. The fourth-order valence-electron chi connectivity index (χ4n) is 1.55. The van der Waals surface area contributed by atoms with Gasteiger partial charge < -0.3 is 9.63 Å². The Bertz CT molecular complexity index is 674. The Morgan fingerprint density at radius 1 is 1.53 bits per heavy atom. The van der Waals surface area contributed by atoms with Crippen molar-refractivity contribution in [2.24, 2.45) is 0 Å². The molecule has 100 valence electrons. The van der Waals surface area contributed by atoms with Gasteiger partial charge in [-0.1, -0.05) is 12.1 Å². The summed E-state index contributed by atoms with van der Waals surface area (Å²) in [6.45, 7) is 2.95. The second-order valence-corrected chi connectivity index (χ2v) is 3.87. The van der Waals surface area contributed by atoms with Gasteiger partial charge in [-0.15, -0.1) is 0 Å². The lowest BCUT2D eigenvalue weighted by Gasteiger charge is -2.06. The maximum atomic E-state index is 12.2. The molecule has 2 heterocycles. The molecule has 0 aliphatic heterocycles. The quantitative estimate of drug-likeness (QED) is 0.842. The van der Waals surface area contributed by atoms with Crippen LogP contribution < -0.4 is 5.56 Å². The number of hydrogen-bond donors (Lipinski definition) is 1. The Morgan fingerprint density at radius 3 is 2.84 bits per heavy atom. The van der Waals surface area contributed by atoms with Gasteiger partial charge in [-0.2, -0.15) is 4.98 Å². The van der Waals surface area contributed by atoms with E-state index >= 15 is 0 Å². The van der Waals surface area contributed by atoms with Crippen LogP contribution in [0.4, 0.5) is 0 Å². The van der Waals surface area contributed by atoms with Gasteiger partial charge in [0.25, 0.3) is 11.4 Å². The summed E-state index contributed by atoms with van der Waals surface area (Å²) >= 11 is 0. The predicted molar refractivity (Wildman–Crippen MR) is 63.5 cm³/mol. The molecule has 19 heavy (non-hydrogen) atoms. The first-order valence-electron chi connectivity index (χ1n) is 5.64. The fourth-order valence-corrected chi connectivity index (χ4v) is 1.55. The summed E-state index contributed by atoms with van der Waals surface area (Å²) in [4.78, 5) is 30.9. The van der Waals surface area contributed by atoms with E-state index in [2.05, 4.69) is 15.1 Å². The SMILES string of the molecule is CCc1noc(-c2cnc(C)n(CC(=O)O)c2=O)n1. The molecule has 0 fully saturated rings. The molecular formula is C11H12N4O4. The summed E-state index contributed by atoms with van der Waals surface area (Å²) in [6, 6.07) is 0. The lowest BCUT2D eigenvalue weighted by atomic mass is 10.3. The summed E-state index contributed by atoms with van der Waals surface area (Å²) in [7, 11) is 0. The van der Waals surface area contributed by atoms with Gasteiger partial charge in [0, 0.05) is 12.6 Å². The Kier molecular flexibility index (Phi) is 3.41. The van der Waals surface area contributed by atoms with E-state index in [1.165, 1.54) is 6.20 Å². The zero-order valence-electron chi connectivity index (χ0n) is 10.5. The summed E-state index contributed by atoms with van der Waals surface area (Å²) in [5.41, 5.74) is -0.416. The standard InChI is InChI=1S/C11H12N4O4/c1-3-8-13-10(19-14-8)7-4-12-6(2)15(11(7)18)5-9(16)17/h4H,3,5H2,1-2H3,(H,16,17). The van der Waals surface area contributed by atoms with Crippen LogP contribution in [0.5, 0.6) is 0 Å². The number of nitrogens with zero attached hydrogens (tertiary/aromatic N) is 4. The normalized spacial score (nSPS) is 10.6. The largest absolute Gasteiger partial charge is 0.480 e. The Balaban J connectivity index is 2.53. The average Bonchev–Trinajstić information content (AvgIpc) is 2.83. The van der Waals surface area contributed by atoms with Crippen LogP contribution in [0.25, 0.3) is 11.5 Å². The molecule has 0 amide bonds. The molecule has 2 aromatic rings. The van der Waals surface area contributed by atoms with Gasteiger partial charge in [-0.05, 0) is 6.92 Å². The van der Waals surface area contributed by atoms with E-state index in [1.807, 2.05) is 6.92 Å². The van der Waals surface area contributed by atoms with Crippen LogP contribution in [0.2, 0.25) is 0 Å². The molecule has 0 saturated carbocycles. The predicted octanol–water partition coefficient (Wildman–Crippen LogP) is 0.249. The molecule has 0 aliphatic carbocycles. The van der Waals surface area contributed by atoms with E-state index in [4.69, 9.17) is 9.63 Å². The minimum absolute atomic E-state index is 0.0495. The molecule has 0 bridgehead atoms. The fraction of sp³-hybridized carbons (Fsp3) is 0.364. The smallest absolute Gasteiger partial charge is 0.323 e. The average molecular weight is 264 g/mol. The molecule has 0 radical (unpaired) electrons. The van der Waals surface area contributed by atoms with Crippen LogP contribution >= 0.6 is 0 Å². The van der Waals surface area contributed by atoms with E-state index in [-0.39, 0.29) is 11.5 Å². The molecule has 0 aromatic carbocycles. The number of hydrogen-bond acceptors (Lipinski definition) is 6. The first-order valence-corrected chi connectivity index (χ1v) is 5.64. The zero-order chi connectivity index (χ0) is 14.0. The minimum atomic E-state index is -1.12. The van der Waals surface area contributed by atoms with E-state index in [0.29, 0.717) is 18.1 Å². The van der Waals surface area contributed by atoms with Crippen molar-refractivity contribution < 1.29 is 14.4 Å². The summed E-state index contributed by atoms with van der Waals surface area (Å²) in [6.07, 6.45) is 1.88. The Labute approximate surface area is 107 Å². The minimum Gasteiger partial charge on any atom is -0.480 e. The molecule has 8 nitrogen and oxygen atoms in total. The molecule has 0 aliphatic rings. The van der Waals surface area contributed by atoms with Gasteiger partial charge >= 0.3 is 5.97 Å². The van der Waals surface area contributed by atoms with Gasteiger partial charge in [-0.25, -0.2) is 4.98 Å². The van der Waals surface area contributed by atoms with Gasteiger partial charge in [0.05, 0.1) is 0 Å². The van der Waals surface area contributed by atoms with Crippen molar-refractivity contribution in [2.75, 3.05) is 0 Å². The van der Waals surface area contributed by atoms with Gasteiger partial charge in [0.1, 0.15) is 17.9 Å². The van der Waals surface area contributed by atoms with Crippen molar-refractivity contribution >= 4 is 5.97 Å². The summed E-state index contributed by atoms with van der Waals surface area (Å²) in [5.74, 6) is -0.288. The molecule has 0 atom stereocenters. The topological polar surface area (TPSA) is 111 Å². The molecule has 2 rings (SSSR count). The van der Waals surface area contributed by atoms with Crippen LogP contribution in [0.1, 0.15) is 18.6 Å². The number of carboxylic acid groups (broad SMARTS) is 1. The van der Waals surface area contributed by atoms with E-state index < -0.39 is 18.1 Å². The number of carboxylic acids is 1. The highest BCUT2D eigenvalue weighted by Gasteiger charge is 2.16. The Morgan fingerprint density at radius 2 is 2.26 bits per heavy atom. The second kappa shape index (κ2) is 5.01. The maximum absolute atomic E-state index is 12.2. The van der Waals surface area contributed by atoms with E-state index in [9.17, 15) is 9.59 Å². The Hall–Kier alpha value is -2.51. The third kappa shape index (κ3) is 2.51. The first-order chi connectivity index (χ1) is 9.02. The molecular weight excluding hydrogens is 252 g/mol. The first kappa shape index (κ1) is 12.9. The number of rotatable bonds is 4. The van der Waals surface area contributed by atoms with Crippen molar-refractivity contribution in [1.29, 1.82) is 0 Å². The number of aliphatic carboxylic acids is 1. The number of carbonyl (C=O) groups is 1. The van der Waals surface area contributed by atoms with Crippen molar-refractivity contribution in [3.63, 3.8) is 0 Å². The number of aromatic nitrogens is 4. The van der Waals surface area contributed by atoms with Crippen LogP contribution in [0, 0.1) is 6.92 Å². The van der Waals surface area contributed by atoms with Crippen LogP contribution in [-0.4, -0.2) is 30.8 Å². The monoisotopic (exact) mass is 264 g/mol. The third-order valence-corrected chi connectivity index (χ3v) is 2.55. The lowest BCUT2D eigenvalue weighted by molar-refractivity contribution is -0.137. The highest BCUT2D eigenvalue weighted by molar-refractivity contribution is 5.66. The lowest BCUT2D eigenvalue weighted by Crippen LogP contribution is -2.28. The van der Waals surface area contributed by atoms with Crippen molar-refractivity contribution in [1.82, 2.24) is 19.7 Å². The molecule has 1 N–H and O–H groups in total. The van der Waals surface area contributed by atoms with Crippen molar-refractivity contribution in [2.45, 2.75) is 26.8 Å². The van der Waals surface area contributed by atoms with E-state index in [1.54, 1.807) is 6.92 Å².